The lowest BCUT2D eigenvalue weighted by Gasteiger charge is -2.09. The molecule has 2 aromatic carbocycles. The fourth-order valence-corrected chi connectivity index (χ4v) is 2.34. The molecule has 0 aliphatic heterocycles. The first-order valence-corrected chi connectivity index (χ1v) is 7.90. The second-order valence-corrected chi connectivity index (χ2v) is 5.52. The predicted octanol–water partition coefficient (Wildman–Crippen LogP) is 3.77. The molecule has 1 heterocycles. The lowest BCUT2D eigenvalue weighted by atomic mass is 10.2. The molecule has 1 aromatic heterocycles. The zero-order chi connectivity index (χ0) is 18.4. The van der Waals surface area contributed by atoms with Crippen LogP contribution in [0.2, 0.25) is 0 Å². The molecule has 3 rings (SSSR count). The van der Waals surface area contributed by atoms with Crippen LogP contribution in [0.25, 0.3) is 0 Å². The Kier molecular flexibility index (Phi) is 5.20. The van der Waals surface area contributed by atoms with Crippen molar-refractivity contribution in [3.8, 4) is 6.07 Å². The zero-order valence-corrected chi connectivity index (χ0v) is 13.7. The molecule has 0 fully saturated rings. The van der Waals surface area contributed by atoms with Crippen LogP contribution in [0, 0.1) is 17.1 Å². The maximum Gasteiger partial charge on any atom is 0.270 e. The first-order valence-electron chi connectivity index (χ1n) is 7.90. The summed E-state index contributed by atoms with van der Waals surface area (Å²) in [4.78, 5) is 16.3. The average Bonchev–Trinajstić information content (AvgIpc) is 2.68. The second kappa shape index (κ2) is 7.90. The molecular formula is C20H15FN4O. The number of aromatic nitrogens is 1. The van der Waals surface area contributed by atoms with Gasteiger partial charge in [-0.05, 0) is 42.5 Å². The zero-order valence-electron chi connectivity index (χ0n) is 13.7. The first-order chi connectivity index (χ1) is 12.7. The highest BCUT2D eigenvalue weighted by molar-refractivity contribution is 5.93. The van der Waals surface area contributed by atoms with Gasteiger partial charge >= 0.3 is 0 Å². The molecule has 2 N–H and O–H groups in total. The van der Waals surface area contributed by atoms with E-state index in [0.29, 0.717) is 16.8 Å². The molecule has 0 unspecified atom stereocenters. The van der Waals surface area contributed by atoms with E-state index in [1.807, 2.05) is 0 Å². The molecule has 1 amide bonds. The fraction of sp³-hybridized carbons (Fsp3) is 0.0500. The van der Waals surface area contributed by atoms with Crippen LogP contribution in [0.4, 0.5) is 15.8 Å². The van der Waals surface area contributed by atoms with E-state index in [1.165, 1.54) is 12.3 Å². The summed E-state index contributed by atoms with van der Waals surface area (Å²) in [5.41, 5.74) is 2.67. The Hall–Kier alpha value is -3.72. The molecule has 5 nitrogen and oxygen atoms in total. The van der Waals surface area contributed by atoms with Gasteiger partial charge in [0.2, 0.25) is 0 Å². The molecule has 0 atom stereocenters. The van der Waals surface area contributed by atoms with Crippen LogP contribution in [-0.4, -0.2) is 10.9 Å². The minimum Gasteiger partial charge on any atom is -0.355 e. The smallest absolute Gasteiger partial charge is 0.270 e. The number of carbonyl (C=O) groups excluding carboxylic acids is 1. The summed E-state index contributed by atoms with van der Waals surface area (Å²) in [6.45, 7) is 0.0838. The molecule has 0 radical (unpaired) electrons. The van der Waals surface area contributed by atoms with Gasteiger partial charge in [0.05, 0.1) is 11.6 Å². The summed E-state index contributed by atoms with van der Waals surface area (Å²) in [5, 5.41) is 14.6. The van der Waals surface area contributed by atoms with Gasteiger partial charge in [-0.25, -0.2) is 4.39 Å². The van der Waals surface area contributed by atoms with Crippen molar-refractivity contribution in [2.45, 2.75) is 6.54 Å². The van der Waals surface area contributed by atoms with Crippen molar-refractivity contribution in [3.05, 3.63) is 89.5 Å². The van der Waals surface area contributed by atoms with E-state index in [-0.39, 0.29) is 18.1 Å². The van der Waals surface area contributed by atoms with Crippen LogP contribution >= 0.6 is 0 Å². The molecule has 0 aliphatic carbocycles. The van der Waals surface area contributed by atoms with Crippen molar-refractivity contribution >= 4 is 17.3 Å². The number of benzene rings is 2. The number of nitrogens with zero attached hydrogens (tertiary/aromatic N) is 2. The molecule has 6 heteroatoms. The number of hydrogen-bond acceptors (Lipinski definition) is 4. The van der Waals surface area contributed by atoms with Crippen LogP contribution in [-0.2, 0) is 6.54 Å². The Morgan fingerprint density at radius 2 is 1.85 bits per heavy atom. The minimum atomic E-state index is -0.392. The lowest BCUT2D eigenvalue weighted by Crippen LogP contribution is -2.24. The Labute approximate surface area is 150 Å². The summed E-state index contributed by atoms with van der Waals surface area (Å²) >= 11 is 0. The molecule has 3 aromatic rings. The van der Waals surface area contributed by atoms with E-state index in [4.69, 9.17) is 5.26 Å². The van der Waals surface area contributed by atoms with Gasteiger partial charge in [0.25, 0.3) is 5.91 Å². The van der Waals surface area contributed by atoms with E-state index in [0.717, 1.165) is 5.69 Å². The van der Waals surface area contributed by atoms with Crippen LogP contribution in [0.5, 0.6) is 0 Å². The van der Waals surface area contributed by atoms with Crippen LogP contribution in [0.1, 0.15) is 21.6 Å². The quantitative estimate of drug-likeness (QED) is 0.737. The van der Waals surface area contributed by atoms with Crippen LogP contribution < -0.4 is 10.6 Å². The van der Waals surface area contributed by atoms with Gasteiger partial charge in [-0.15, -0.1) is 0 Å². The van der Waals surface area contributed by atoms with Crippen molar-refractivity contribution in [2.24, 2.45) is 0 Å². The maximum absolute atomic E-state index is 13.6. The standard InChI is InChI=1S/C20H15FN4O/c21-18-4-2-1-3-15(18)13-24-20(26)19-11-17(9-10-23-19)25-16-7-5-14(12-22)6-8-16/h1-11H,13H2,(H,23,25)(H,24,26). The summed E-state index contributed by atoms with van der Waals surface area (Å²) in [6.07, 6.45) is 1.52. The summed E-state index contributed by atoms with van der Waals surface area (Å²) in [5.74, 6) is -0.756. The van der Waals surface area contributed by atoms with Gasteiger partial charge in [-0.3, -0.25) is 9.78 Å². The number of anilines is 2. The van der Waals surface area contributed by atoms with Crippen LogP contribution in [0.3, 0.4) is 0 Å². The highest BCUT2D eigenvalue weighted by atomic mass is 19.1. The Morgan fingerprint density at radius 3 is 2.58 bits per heavy atom. The third-order valence-corrected chi connectivity index (χ3v) is 3.69. The van der Waals surface area contributed by atoms with E-state index in [1.54, 1.807) is 54.6 Å². The highest BCUT2D eigenvalue weighted by Crippen LogP contribution is 2.17. The number of amides is 1. The number of halogens is 1. The Morgan fingerprint density at radius 1 is 1.08 bits per heavy atom. The number of carbonyl (C=O) groups is 1. The normalized spacial score (nSPS) is 10.0. The van der Waals surface area contributed by atoms with Gasteiger partial charge in [0.15, 0.2) is 0 Å². The number of pyridine rings is 1. The van der Waals surface area contributed by atoms with Crippen molar-refractivity contribution in [1.29, 1.82) is 5.26 Å². The molecule has 0 saturated carbocycles. The summed E-state index contributed by atoms with van der Waals surface area (Å²) in [7, 11) is 0. The molecule has 0 spiro atoms. The number of hydrogen-bond donors (Lipinski definition) is 2. The van der Waals surface area contributed by atoms with Gasteiger partial charge in [0, 0.05) is 29.7 Å². The van der Waals surface area contributed by atoms with Crippen molar-refractivity contribution < 1.29 is 9.18 Å². The van der Waals surface area contributed by atoms with E-state index >= 15 is 0 Å². The van der Waals surface area contributed by atoms with Gasteiger partial charge in [-0.2, -0.15) is 5.26 Å². The molecular weight excluding hydrogens is 331 g/mol. The van der Waals surface area contributed by atoms with E-state index in [2.05, 4.69) is 21.7 Å². The van der Waals surface area contributed by atoms with Gasteiger partial charge in [0.1, 0.15) is 11.5 Å². The van der Waals surface area contributed by atoms with Gasteiger partial charge < -0.3 is 10.6 Å². The lowest BCUT2D eigenvalue weighted by molar-refractivity contribution is 0.0945. The predicted molar refractivity (Wildman–Crippen MR) is 96.2 cm³/mol. The summed E-state index contributed by atoms with van der Waals surface area (Å²) in [6, 6.07) is 18.6. The van der Waals surface area contributed by atoms with E-state index < -0.39 is 5.91 Å². The Balaban J connectivity index is 1.67. The van der Waals surface area contributed by atoms with Crippen molar-refractivity contribution in [2.75, 3.05) is 5.32 Å². The van der Waals surface area contributed by atoms with Crippen LogP contribution in [0.15, 0.2) is 66.9 Å². The molecule has 26 heavy (non-hydrogen) atoms. The molecule has 0 saturated heterocycles. The minimum absolute atomic E-state index is 0.0838. The Bertz CT molecular complexity index is 964. The SMILES string of the molecule is N#Cc1ccc(Nc2ccnc(C(=O)NCc3ccccc3F)c2)cc1. The molecule has 0 bridgehead atoms. The van der Waals surface area contributed by atoms with Crippen molar-refractivity contribution in [1.82, 2.24) is 10.3 Å². The largest absolute Gasteiger partial charge is 0.355 e. The van der Waals surface area contributed by atoms with Crippen molar-refractivity contribution in [3.63, 3.8) is 0 Å². The third kappa shape index (κ3) is 4.22. The maximum atomic E-state index is 13.6. The average molecular weight is 346 g/mol. The first kappa shape index (κ1) is 17.1. The topological polar surface area (TPSA) is 77.8 Å². The molecule has 0 aliphatic rings. The third-order valence-electron chi connectivity index (χ3n) is 3.69. The summed E-state index contributed by atoms with van der Waals surface area (Å²) < 4.78 is 13.6. The highest BCUT2D eigenvalue weighted by Gasteiger charge is 2.09. The van der Waals surface area contributed by atoms with Gasteiger partial charge in [-0.1, -0.05) is 18.2 Å². The number of nitrogens with one attached hydrogen (secondary N) is 2. The van der Waals surface area contributed by atoms with E-state index in [9.17, 15) is 9.18 Å². The fourth-order valence-electron chi connectivity index (χ4n) is 2.34. The molecule has 128 valence electrons. The second-order valence-electron chi connectivity index (χ2n) is 5.52. The number of rotatable bonds is 5. The monoisotopic (exact) mass is 346 g/mol. The number of nitriles is 1.